The van der Waals surface area contributed by atoms with Gasteiger partial charge in [0.05, 0.1) is 13.7 Å². The molecule has 0 aliphatic rings. The second-order valence-corrected chi connectivity index (χ2v) is 6.76. The van der Waals surface area contributed by atoms with Crippen molar-refractivity contribution >= 4 is 17.5 Å². The Morgan fingerprint density at radius 1 is 0.966 bits per heavy atom. The third kappa shape index (κ3) is 5.60. The molecule has 0 unspecified atom stereocenters. The Morgan fingerprint density at radius 3 is 2.45 bits per heavy atom. The van der Waals surface area contributed by atoms with Crippen LogP contribution in [0.1, 0.15) is 23.7 Å². The van der Waals surface area contributed by atoms with Crippen molar-refractivity contribution < 1.29 is 9.47 Å². The molecule has 1 aromatic heterocycles. The van der Waals surface area contributed by atoms with Gasteiger partial charge >= 0.3 is 0 Å². The highest BCUT2D eigenvalue weighted by Gasteiger charge is 2.08. The minimum Gasteiger partial charge on any atom is -0.497 e. The molecule has 0 radical (unpaired) electrons. The molecule has 0 aliphatic carbocycles. The second kappa shape index (κ2) is 9.78. The monoisotopic (exact) mass is 392 g/mol. The van der Waals surface area contributed by atoms with Gasteiger partial charge in [0.2, 0.25) is 5.95 Å². The fourth-order valence-electron chi connectivity index (χ4n) is 3.05. The molecule has 0 aliphatic heterocycles. The lowest BCUT2D eigenvalue weighted by molar-refractivity contribution is 0.331. The molecule has 3 rings (SSSR count). The van der Waals surface area contributed by atoms with E-state index in [1.807, 2.05) is 37.3 Å². The van der Waals surface area contributed by atoms with E-state index in [1.165, 1.54) is 11.1 Å². The Balaban J connectivity index is 1.60. The summed E-state index contributed by atoms with van der Waals surface area (Å²) in [4.78, 5) is 9.08. The first-order valence-electron chi connectivity index (χ1n) is 9.81. The van der Waals surface area contributed by atoms with Gasteiger partial charge in [0, 0.05) is 17.4 Å². The van der Waals surface area contributed by atoms with Crippen LogP contribution in [0.25, 0.3) is 0 Å². The van der Waals surface area contributed by atoms with Crippen LogP contribution < -0.4 is 20.1 Å². The predicted octanol–water partition coefficient (Wildman–Crippen LogP) is 4.90. The summed E-state index contributed by atoms with van der Waals surface area (Å²) in [7, 11) is 1.65. The van der Waals surface area contributed by atoms with Crippen molar-refractivity contribution in [3.63, 3.8) is 0 Å². The number of anilines is 3. The number of hydrogen-bond acceptors (Lipinski definition) is 6. The molecule has 0 saturated carbocycles. The third-order valence-electron chi connectivity index (χ3n) is 4.56. The molecule has 29 heavy (non-hydrogen) atoms. The van der Waals surface area contributed by atoms with Crippen molar-refractivity contribution in [2.24, 2.45) is 0 Å². The van der Waals surface area contributed by atoms with Crippen LogP contribution in [0.3, 0.4) is 0 Å². The highest BCUT2D eigenvalue weighted by atomic mass is 16.5. The largest absolute Gasteiger partial charge is 0.497 e. The summed E-state index contributed by atoms with van der Waals surface area (Å²) >= 11 is 0. The molecule has 0 amide bonds. The number of ether oxygens (including phenoxy) is 2. The Morgan fingerprint density at radius 2 is 1.72 bits per heavy atom. The second-order valence-electron chi connectivity index (χ2n) is 6.76. The van der Waals surface area contributed by atoms with Gasteiger partial charge in [-0.1, -0.05) is 25.1 Å². The van der Waals surface area contributed by atoms with Gasteiger partial charge in [0.1, 0.15) is 23.9 Å². The van der Waals surface area contributed by atoms with Crippen LogP contribution in [-0.2, 0) is 6.42 Å². The Hall–Kier alpha value is -3.28. The van der Waals surface area contributed by atoms with Gasteiger partial charge in [-0.05, 0) is 55.7 Å². The first kappa shape index (κ1) is 20.5. The fraction of sp³-hybridized carbons (Fsp3) is 0.304. The number of rotatable bonds is 9. The van der Waals surface area contributed by atoms with E-state index in [0.29, 0.717) is 19.1 Å². The van der Waals surface area contributed by atoms with Crippen molar-refractivity contribution in [3.8, 4) is 11.5 Å². The maximum atomic E-state index is 5.74. The zero-order valence-corrected chi connectivity index (χ0v) is 17.5. The molecule has 0 spiro atoms. The number of nitrogens with one attached hydrogen (secondary N) is 2. The van der Waals surface area contributed by atoms with Gasteiger partial charge in [0.15, 0.2) is 0 Å². The van der Waals surface area contributed by atoms with Crippen LogP contribution >= 0.6 is 0 Å². The summed E-state index contributed by atoms with van der Waals surface area (Å²) in [5.41, 5.74) is 4.47. The number of hydrogen-bond donors (Lipinski definition) is 2. The Bertz CT molecular complexity index is 942. The topological polar surface area (TPSA) is 68.3 Å². The number of nitrogens with zero attached hydrogens (tertiary/aromatic N) is 2. The van der Waals surface area contributed by atoms with E-state index in [2.05, 4.69) is 52.6 Å². The molecule has 152 valence electrons. The van der Waals surface area contributed by atoms with E-state index in [1.54, 1.807) is 7.11 Å². The third-order valence-corrected chi connectivity index (χ3v) is 4.56. The molecule has 1 heterocycles. The van der Waals surface area contributed by atoms with Crippen LogP contribution in [0, 0.1) is 13.8 Å². The predicted molar refractivity (Wildman–Crippen MR) is 118 cm³/mol. The maximum Gasteiger partial charge on any atom is 0.224 e. The van der Waals surface area contributed by atoms with Crippen LogP contribution in [0.5, 0.6) is 11.5 Å². The van der Waals surface area contributed by atoms with E-state index < -0.39 is 0 Å². The molecule has 0 fully saturated rings. The minimum atomic E-state index is 0.504. The first-order valence-corrected chi connectivity index (χ1v) is 9.81. The molecule has 2 N–H and O–H groups in total. The van der Waals surface area contributed by atoms with E-state index in [-0.39, 0.29) is 0 Å². The molecule has 2 aromatic carbocycles. The van der Waals surface area contributed by atoms with Crippen molar-refractivity contribution in [2.45, 2.75) is 27.2 Å². The van der Waals surface area contributed by atoms with Gasteiger partial charge in [-0.2, -0.15) is 4.98 Å². The van der Waals surface area contributed by atoms with Gasteiger partial charge in [-0.3, -0.25) is 0 Å². The van der Waals surface area contributed by atoms with Crippen molar-refractivity contribution in [1.82, 2.24) is 9.97 Å². The minimum absolute atomic E-state index is 0.504. The summed E-state index contributed by atoms with van der Waals surface area (Å²) < 4.78 is 10.9. The quantitative estimate of drug-likeness (QED) is 0.505. The zero-order chi connectivity index (χ0) is 20.6. The van der Waals surface area contributed by atoms with Crippen LogP contribution in [0.2, 0.25) is 0 Å². The average Bonchev–Trinajstić information content (AvgIpc) is 2.73. The number of aryl methyl sites for hydroxylation is 3. The maximum absolute atomic E-state index is 5.74. The van der Waals surface area contributed by atoms with Gasteiger partial charge in [0.25, 0.3) is 0 Å². The summed E-state index contributed by atoms with van der Waals surface area (Å²) in [5.74, 6) is 2.97. The Labute approximate surface area is 172 Å². The Kier molecular flexibility index (Phi) is 6.89. The lowest BCUT2D eigenvalue weighted by atomic mass is 10.1. The van der Waals surface area contributed by atoms with Gasteiger partial charge < -0.3 is 20.1 Å². The molecular formula is C23H28N4O2. The highest BCUT2D eigenvalue weighted by molar-refractivity contribution is 5.65. The summed E-state index contributed by atoms with van der Waals surface area (Å²) in [5, 5.41) is 6.70. The summed E-state index contributed by atoms with van der Waals surface area (Å²) in [6, 6.07) is 15.8. The fourth-order valence-corrected chi connectivity index (χ4v) is 3.05. The number of methoxy groups -OCH3 is 1. The van der Waals surface area contributed by atoms with E-state index in [0.717, 1.165) is 35.1 Å². The van der Waals surface area contributed by atoms with Crippen LogP contribution in [0.15, 0.2) is 48.5 Å². The standard InChI is InChI=1S/C23H28N4O2/c1-5-18-8-6-7-16(2)22(18)26-21-15-17(3)25-23(27-21)24-13-14-29-20-11-9-19(28-4)10-12-20/h6-12,15H,5,13-14H2,1-4H3,(H2,24,25,26,27). The van der Waals surface area contributed by atoms with Crippen molar-refractivity contribution in [2.75, 3.05) is 30.9 Å². The molecule has 0 bridgehead atoms. The van der Waals surface area contributed by atoms with Crippen LogP contribution in [0.4, 0.5) is 17.5 Å². The van der Waals surface area contributed by atoms with Gasteiger partial charge in [-0.15, -0.1) is 0 Å². The lowest BCUT2D eigenvalue weighted by Crippen LogP contribution is -2.14. The average molecular weight is 393 g/mol. The number of aromatic nitrogens is 2. The molecule has 3 aromatic rings. The van der Waals surface area contributed by atoms with E-state index in [9.17, 15) is 0 Å². The van der Waals surface area contributed by atoms with E-state index in [4.69, 9.17) is 9.47 Å². The number of para-hydroxylation sites is 1. The molecule has 0 atom stereocenters. The van der Waals surface area contributed by atoms with Crippen LogP contribution in [-0.4, -0.2) is 30.2 Å². The summed E-state index contributed by atoms with van der Waals surface area (Å²) in [6.07, 6.45) is 0.960. The first-order chi connectivity index (χ1) is 14.1. The molecular weight excluding hydrogens is 364 g/mol. The van der Waals surface area contributed by atoms with E-state index >= 15 is 0 Å². The normalized spacial score (nSPS) is 10.5. The summed E-state index contributed by atoms with van der Waals surface area (Å²) in [6.45, 7) is 7.32. The smallest absolute Gasteiger partial charge is 0.224 e. The van der Waals surface area contributed by atoms with Gasteiger partial charge in [-0.25, -0.2) is 4.98 Å². The lowest BCUT2D eigenvalue weighted by Gasteiger charge is -2.15. The highest BCUT2D eigenvalue weighted by Crippen LogP contribution is 2.25. The van der Waals surface area contributed by atoms with Crippen molar-refractivity contribution in [3.05, 3.63) is 65.4 Å². The number of benzene rings is 2. The molecule has 6 heteroatoms. The van der Waals surface area contributed by atoms with Crippen molar-refractivity contribution in [1.29, 1.82) is 0 Å². The molecule has 0 saturated heterocycles. The zero-order valence-electron chi connectivity index (χ0n) is 17.5. The SMILES string of the molecule is CCc1cccc(C)c1Nc1cc(C)nc(NCCOc2ccc(OC)cc2)n1. The molecule has 6 nitrogen and oxygen atoms in total.